The van der Waals surface area contributed by atoms with Gasteiger partial charge < -0.3 is 9.84 Å². The van der Waals surface area contributed by atoms with Crippen molar-refractivity contribution in [2.75, 3.05) is 6.61 Å². The molecule has 0 amide bonds. The zero-order valence-electron chi connectivity index (χ0n) is 19.2. The van der Waals surface area contributed by atoms with Gasteiger partial charge in [-0.25, -0.2) is 0 Å². The number of tetrazole rings is 1. The highest BCUT2D eigenvalue weighted by atomic mass is 16.5. The molecule has 0 saturated carbocycles. The van der Waals surface area contributed by atoms with Crippen molar-refractivity contribution in [3.8, 4) is 0 Å². The number of aryl methyl sites for hydroxylation is 2. The molecule has 1 heterocycles. The second-order valence-electron chi connectivity index (χ2n) is 8.48. The van der Waals surface area contributed by atoms with Gasteiger partial charge in [0, 0.05) is 6.42 Å². The zero-order chi connectivity index (χ0) is 23.6. The van der Waals surface area contributed by atoms with Gasteiger partial charge in [0.25, 0.3) is 0 Å². The van der Waals surface area contributed by atoms with Gasteiger partial charge in [-0.05, 0) is 53.1 Å². The average Bonchev–Trinajstić information content (AvgIpc) is 3.36. The van der Waals surface area contributed by atoms with E-state index in [4.69, 9.17) is 9.84 Å². The van der Waals surface area contributed by atoms with Crippen LogP contribution in [0.5, 0.6) is 0 Å². The van der Waals surface area contributed by atoms with Crippen LogP contribution in [0, 0.1) is 0 Å². The maximum Gasteiger partial charge on any atom is 0.305 e. The number of nitrogens with one attached hydrogen (secondary N) is 1. The van der Waals surface area contributed by atoms with Crippen LogP contribution >= 0.6 is 0 Å². The molecule has 34 heavy (non-hydrogen) atoms. The summed E-state index contributed by atoms with van der Waals surface area (Å²) in [6, 6.07) is 23.4. The number of nitrogens with zero attached hydrogens (tertiary/aromatic N) is 3. The third kappa shape index (κ3) is 6.71. The summed E-state index contributed by atoms with van der Waals surface area (Å²) in [7, 11) is 0. The lowest BCUT2D eigenvalue weighted by Gasteiger charge is -2.19. The second-order valence-corrected chi connectivity index (χ2v) is 8.48. The van der Waals surface area contributed by atoms with E-state index in [0.29, 0.717) is 12.2 Å². The Morgan fingerprint density at radius 3 is 2.53 bits per heavy atom. The van der Waals surface area contributed by atoms with E-state index in [-0.39, 0.29) is 19.1 Å². The molecule has 0 aliphatic rings. The Morgan fingerprint density at radius 1 is 0.941 bits per heavy atom. The van der Waals surface area contributed by atoms with E-state index in [2.05, 4.69) is 75.2 Å². The molecule has 0 aliphatic carbocycles. The monoisotopic (exact) mass is 458 g/mol. The second kappa shape index (κ2) is 12.0. The number of carbonyl (C=O) groups is 1. The molecule has 0 bridgehead atoms. The molecule has 7 heteroatoms. The molecule has 7 nitrogen and oxygen atoms in total. The van der Waals surface area contributed by atoms with Crippen LogP contribution in [0.15, 0.2) is 66.7 Å². The Morgan fingerprint density at radius 2 is 1.76 bits per heavy atom. The van der Waals surface area contributed by atoms with Crippen molar-refractivity contribution in [1.82, 2.24) is 20.6 Å². The van der Waals surface area contributed by atoms with Gasteiger partial charge in [-0.3, -0.25) is 4.79 Å². The number of fused-ring (bicyclic) bond motifs is 1. The molecule has 0 spiro atoms. The highest BCUT2D eigenvalue weighted by Crippen LogP contribution is 2.30. The lowest BCUT2D eigenvalue weighted by molar-refractivity contribution is -0.138. The van der Waals surface area contributed by atoms with Gasteiger partial charge >= 0.3 is 5.97 Å². The smallest absolute Gasteiger partial charge is 0.305 e. The summed E-state index contributed by atoms with van der Waals surface area (Å²) >= 11 is 0. The predicted molar refractivity (Wildman–Crippen MR) is 130 cm³/mol. The van der Waals surface area contributed by atoms with E-state index in [9.17, 15) is 4.79 Å². The zero-order valence-corrected chi connectivity index (χ0v) is 19.2. The van der Waals surface area contributed by atoms with Gasteiger partial charge in [0.15, 0.2) is 5.82 Å². The number of rotatable bonds is 13. The lowest BCUT2D eigenvalue weighted by atomic mass is 9.95. The first-order valence-electron chi connectivity index (χ1n) is 11.8. The highest BCUT2D eigenvalue weighted by Gasteiger charge is 2.19. The first kappa shape index (κ1) is 23.6. The van der Waals surface area contributed by atoms with Crippen molar-refractivity contribution in [3.63, 3.8) is 0 Å². The third-order valence-electron chi connectivity index (χ3n) is 5.99. The average molecular weight is 459 g/mol. The molecular formula is C27H30N4O3. The summed E-state index contributed by atoms with van der Waals surface area (Å²) in [4.78, 5) is 11.0. The molecule has 2 N–H and O–H groups in total. The first-order valence-corrected chi connectivity index (χ1v) is 11.8. The fraction of sp³-hybridized carbons (Fsp3) is 0.333. The Balaban J connectivity index is 1.45. The predicted octanol–water partition coefficient (Wildman–Crippen LogP) is 5.08. The molecule has 4 aromatic rings. The van der Waals surface area contributed by atoms with Crippen LogP contribution in [-0.2, 0) is 28.8 Å². The van der Waals surface area contributed by atoms with Gasteiger partial charge in [0.2, 0.25) is 0 Å². The van der Waals surface area contributed by atoms with Crippen LogP contribution in [0.3, 0.4) is 0 Å². The van der Waals surface area contributed by atoms with E-state index in [1.54, 1.807) is 0 Å². The van der Waals surface area contributed by atoms with Crippen LogP contribution in [-0.4, -0.2) is 38.3 Å². The number of benzene rings is 3. The number of unbranched alkanes of at least 4 members (excludes halogenated alkanes) is 2. The van der Waals surface area contributed by atoms with Gasteiger partial charge in [0.1, 0.15) is 0 Å². The highest BCUT2D eigenvalue weighted by molar-refractivity contribution is 5.86. The molecule has 3 aromatic carbocycles. The fourth-order valence-corrected chi connectivity index (χ4v) is 4.24. The summed E-state index contributed by atoms with van der Waals surface area (Å²) < 4.78 is 6.01. The van der Waals surface area contributed by atoms with E-state index >= 15 is 0 Å². The number of aromatic nitrogens is 4. The van der Waals surface area contributed by atoms with Gasteiger partial charge in [-0.15, -0.1) is 10.2 Å². The van der Waals surface area contributed by atoms with Crippen molar-refractivity contribution >= 4 is 16.7 Å². The van der Waals surface area contributed by atoms with Crippen molar-refractivity contribution in [2.24, 2.45) is 0 Å². The van der Waals surface area contributed by atoms with Crippen LogP contribution in [0.4, 0.5) is 0 Å². The summed E-state index contributed by atoms with van der Waals surface area (Å²) in [6.45, 7) is 0.120. The van der Waals surface area contributed by atoms with Gasteiger partial charge in [0.05, 0.1) is 19.1 Å². The number of ether oxygens (including phenoxy) is 1. The molecule has 176 valence electrons. The molecule has 0 saturated heterocycles. The Kier molecular flexibility index (Phi) is 8.35. The van der Waals surface area contributed by atoms with Crippen molar-refractivity contribution in [1.29, 1.82) is 0 Å². The van der Waals surface area contributed by atoms with Crippen LogP contribution in [0.25, 0.3) is 10.8 Å². The van der Waals surface area contributed by atoms with Crippen molar-refractivity contribution in [2.45, 2.75) is 51.0 Å². The fourth-order valence-electron chi connectivity index (χ4n) is 4.24. The van der Waals surface area contributed by atoms with Crippen molar-refractivity contribution in [3.05, 3.63) is 89.2 Å². The first-order chi connectivity index (χ1) is 16.7. The third-order valence-corrected chi connectivity index (χ3v) is 5.99. The normalized spacial score (nSPS) is 12.1. The van der Waals surface area contributed by atoms with E-state index in [1.807, 2.05) is 12.1 Å². The molecule has 0 radical (unpaired) electrons. The maximum absolute atomic E-state index is 11.0. The minimum absolute atomic E-state index is 0.0538. The SMILES string of the molecule is O=C(O)CCOC(Cc1nn[nH]n1)c1cccc2ccc(CCCCCc3ccccc3)cc12. The van der Waals surface area contributed by atoms with Crippen LogP contribution < -0.4 is 0 Å². The molecule has 4 rings (SSSR count). The number of hydrogen-bond acceptors (Lipinski definition) is 5. The summed E-state index contributed by atoms with van der Waals surface area (Å²) in [5.41, 5.74) is 3.70. The van der Waals surface area contributed by atoms with Crippen LogP contribution in [0.1, 0.15) is 54.3 Å². The molecule has 1 unspecified atom stereocenters. The summed E-state index contributed by atoms with van der Waals surface area (Å²) in [5.74, 6) is -0.349. The number of carboxylic acid groups (broad SMARTS) is 1. The van der Waals surface area contributed by atoms with Gasteiger partial charge in [-0.2, -0.15) is 5.21 Å². The summed E-state index contributed by atoms with van der Waals surface area (Å²) in [5, 5.41) is 25.5. The molecule has 1 aromatic heterocycles. The Bertz CT molecular complexity index is 1180. The maximum atomic E-state index is 11.0. The Labute approximate surface area is 199 Å². The topological polar surface area (TPSA) is 101 Å². The van der Waals surface area contributed by atoms with Gasteiger partial charge in [-0.1, -0.05) is 78.4 Å². The van der Waals surface area contributed by atoms with Crippen LogP contribution in [0.2, 0.25) is 0 Å². The minimum Gasteiger partial charge on any atom is -0.481 e. The molecule has 0 aliphatic heterocycles. The van der Waals surface area contributed by atoms with E-state index in [1.165, 1.54) is 24.0 Å². The molecule has 1 atom stereocenters. The number of hydrogen-bond donors (Lipinski definition) is 2. The van der Waals surface area contributed by atoms with Crippen molar-refractivity contribution < 1.29 is 14.6 Å². The largest absolute Gasteiger partial charge is 0.481 e. The number of aromatic amines is 1. The molecular weight excluding hydrogens is 428 g/mol. The Hall–Kier alpha value is -3.58. The van der Waals surface area contributed by atoms with E-state index < -0.39 is 5.97 Å². The molecule has 0 fully saturated rings. The summed E-state index contributed by atoms with van der Waals surface area (Å²) in [6.07, 6.45) is 5.66. The number of H-pyrrole nitrogens is 1. The minimum atomic E-state index is -0.884. The number of carboxylic acids is 1. The quantitative estimate of drug-likeness (QED) is 0.271. The lowest BCUT2D eigenvalue weighted by Crippen LogP contribution is -2.12. The number of aliphatic carboxylic acids is 1. The standard InChI is InChI=1S/C27H30N4O3/c32-27(33)16-17-34-25(19-26-28-30-31-29-26)23-13-7-12-22-15-14-21(18-24(22)23)11-6-2-5-10-20-8-3-1-4-9-20/h1,3-4,7-9,12-15,18,25H,2,5-6,10-11,16-17,19H2,(H,32,33)(H,28,29,30,31). The van der Waals surface area contributed by atoms with E-state index in [0.717, 1.165) is 35.6 Å².